The molecule has 6 heteroatoms. The first-order chi connectivity index (χ1) is 9.72. The molecule has 0 unspecified atom stereocenters. The summed E-state index contributed by atoms with van der Waals surface area (Å²) in [4.78, 5) is 15.4. The molecule has 0 saturated carbocycles. The summed E-state index contributed by atoms with van der Waals surface area (Å²) in [5.74, 6) is -0.909. The van der Waals surface area contributed by atoms with E-state index in [2.05, 4.69) is 14.8 Å². The van der Waals surface area contributed by atoms with Crippen molar-refractivity contribution in [2.75, 3.05) is 7.11 Å². The van der Waals surface area contributed by atoms with E-state index < -0.39 is 5.97 Å². The van der Waals surface area contributed by atoms with E-state index >= 15 is 0 Å². The Morgan fingerprint density at radius 3 is 2.70 bits per heavy atom. The fourth-order valence-corrected chi connectivity index (χ4v) is 2.00. The van der Waals surface area contributed by atoms with Gasteiger partial charge in [0.2, 0.25) is 0 Å². The lowest BCUT2D eigenvalue weighted by Crippen LogP contribution is -2.05. The molecule has 0 radical (unpaired) electrons. The number of aromatic nitrogens is 3. The zero-order valence-electron chi connectivity index (χ0n) is 10.6. The highest BCUT2D eigenvalue weighted by molar-refractivity contribution is 5.98. The highest BCUT2D eigenvalue weighted by atomic mass is 16.5. The smallest absolute Gasteiger partial charge is 0.360 e. The second-order valence-electron chi connectivity index (χ2n) is 4.14. The third-order valence-electron chi connectivity index (χ3n) is 2.98. The number of ether oxygens (including phenoxy) is 1. The number of carbonyl (C=O) groups is 1. The van der Waals surface area contributed by atoms with Crippen LogP contribution >= 0.6 is 0 Å². The Kier molecular flexibility index (Phi) is 2.83. The number of hydrogen-bond acceptors (Lipinski definition) is 5. The van der Waals surface area contributed by atoms with E-state index in [0.717, 1.165) is 5.69 Å². The fourth-order valence-electron chi connectivity index (χ4n) is 2.00. The molecule has 0 bridgehead atoms. The minimum Gasteiger partial charge on any atom is -0.505 e. The molecule has 20 heavy (non-hydrogen) atoms. The van der Waals surface area contributed by atoms with Crippen molar-refractivity contribution in [1.82, 2.24) is 14.8 Å². The van der Waals surface area contributed by atoms with Gasteiger partial charge in [-0.05, 0) is 12.1 Å². The van der Waals surface area contributed by atoms with Gasteiger partial charge in [0.15, 0.2) is 11.4 Å². The number of nitrogens with zero attached hydrogens (tertiary/aromatic N) is 3. The van der Waals surface area contributed by atoms with Gasteiger partial charge in [-0.1, -0.05) is 18.2 Å². The number of carbonyl (C=O) groups excluding carboxylic acids is 1. The van der Waals surface area contributed by atoms with Crippen LogP contribution in [0.1, 0.15) is 10.5 Å². The molecule has 6 nitrogen and oxygen atoms in total. The number of para-hydroxylation sites is 1. The minimum atomic E-state index is -0.683. The highest BCUT2D eigenvalue weighted by Crippen LogP contribution is 2.28. The highest BCUT2D eigenvalue weighted by Gasteiger charge is 2.18. The lowest BCUT2D eigenvalue weighted by atomic mass is 10.2. The third-order valence-corrected chi connectivity index (χ3v) is 2.98. The number of methoxy groups -OCH3 is 1. The topological polar surface area (TPSA) is 77.2 Å². The van der Waals surface area contributed by atoms with Crippen molar-refractivity contribution < 1.29 is 14.6 Å². The predicted molar refractivity (Wildman–Crippen MR) is 71.9 cm³/mol. The van der Waals surface area contributed by atoms with Crippen molar-refractivity contribution in [3.63, 3.8) is 0 Å². The van der Waals surface area contributed by atoms with E-state index in [1.54, 1.807) is 4.68 Å². The van der Waals surface area contributed by atoms with Crippen LogP contribution in [0.15, 0.2) is 42.7 Å². The second-order valence-corrected chi connectivity index (χ2v) is 4.14. The third kappa shape index (κ3) is 1.78. The molecule has 100 valence electrons. The van der Waals surface area contributed by atoms with Crippen LogP contribution in [0.3, 0.4) is 0 Å². The molecule has 0 atom stereocenters. The summed E-state index contributed by atoms with van der Waals surface area (Å²) in [6, 6.07) is 9.45. The van der Waals surface area contributed by atoms with Gasteiger partial charge in [0, 0.05) is 0 Å². The molecule has 2 aromatic heterocycles. The number of aromatic hydroxyl groups is 1. The summed E-state index contributed by atoms with van der Waals surface area (Å²) in [6.07, 6.45) is 2.98. The van der Waals surface area contributed by atoms with Crippen LogP contribution in [0, 0.1) is 0 Å². The first-order valence-corrected chi connectivity index (χ1v) is 5.92. The van der Waals surface area contributed by atoms with Crippen LogP contribution in [0.2, 0.25) is 0 Å². The summed E-state index contributed by atoms with van der Waals surface area (Å²) >= 11 is 0. The molecule has 1 aromatic carbocycles. The molecule has 3 rings (SSSR count). The van der Waals surface area contributed by atoms with Crippen molar-refractivity contribution in [1.29, 1.82) is 0 Å². The Balaban J connectivity index is 2.21. The first kappa shape index (κ1) is 12.2. The van der Waals surface area contributed by atoms with Crippen LogP contribution in [0.25, 0.3) is 16.6 Å². The Morgan fingerprint density at radius 2 is 2.00 bits per heavy atom. The number of benzene rings is 1. The van der Waals surface area contributed by atoms with Gasteiger partial charge >= 0.3 is 5.97 Å². The summed E-state index contributed by atoms with van der Waals surface area (Å²) < 4.78 is 6.21. The second kappa shape index (κ2) is 4.65. The summed E-state index contributed by atoms with van der Waals surface area (Å²) in [7, 11) is 1.24. The van der Waals surface area contributed by atoms with Gasteiger partial charge in [0.05, 0.1) is 36.1 Å². The number of hydrogen-bond donors (Lipinski definition) is 1. The van der Waals surface area contributed by atoms with Gasteiger partial charge in [-0.15, -0.1) is 0 Å². The molecule has 1 N–H and O–H groups in total. The van der Waals surface area contributed by atoms with E-state index in [9.17, 15) is 9.90 Å². The molecule has 0 aliphatic heterocycles. The molecule has 0 fully saturated rings. The average Bonchev–Trinajstić information content (AvgIpc) is 2.92. The molecule has 0 aliphatic rings. The zero-order chi connectivity index (χ0) is 14.1. The molecule has 3 aromatic rings. The number of esters is 1. The zero-order valence-corrected chi connectivity index (χ0v) is 10.6. The van der Waals surface area contributed by atoms with E-state index in [0.29, 0.717) is 10.9 Å². The SMILES string of the molecule is COC(=O)c1ncc2c(cnn2-c2ccccc2)c1O. The Labute approximate surface area is 114 Å². The molecule has 0 aliphatic carbocycles. The Morgan fingerprint density at radius 1 is 1.25 bits per heavy atom. The monoisotopic (exact) mass is 269 g/mol. The van der Waals surface area contributed by atoms with Crippen LogP contribution in [0.5, 0.6) is 5.75 Å². The van der Waals surface area contributed by atoms with Gasteiger partial charge in [-0.2, -0.15) is 5.10 Å². The summed E-state index contributed by atoms with van der Waals surface area (Å²) in [5.41, 5.74) is 1.34. The predicted octanol–water partition coefficient (Wildman–Crippen LogP) is 1.91. The van der Waals surface area contributed by atoms with Gasteiger partial charge in [-0.25, -0.2) is 14.5 Å². The molecule has 0 spiro atoms. The molecule has 0 amide bonds. The van der Waals surface area contributed by atoms with Crippen molar-refractivity contribution in [3.05, 3.63) is 48.4 Å². The Hall–Kier alpha value is -2.89. The summed E-state index contributed by atoms with van der Waals surface area (Å²) in [6.45, 7) is 0. The van der Waals surface area contributed by atoms with Crippen molar-refractivity contribution >= 4 is 16.9 Å². The van der Waals surface area contributed by atoms with Crippen molar-refractivity contribution in [2.45, 2.75) is 0 Å². The largest absolute Gasteiger partial charge is 0.505 e. The molecule has 2 heterocycles. The van der Waals surface area contributed by atoms with Gasteiger partial charge in [0.1, 0.15) is 0 Å². The van der Waals surface area contributed by atoms with Crippen LogP contribution in [-0.2, 0) is 4.74 Å². The number of rotatable bonds is 2. The van der Waals surface area contributed by atoms with Gasteiger partial charge in [0.25, 0.3) is 0 Å². The molecular formula is C14H11N3O3. The van der Waals surface area contributed by atoms with E-state index in [1.807, 2.05) is 30.3 Å². The van der Waals surface area contributed by atoms with Gasteiger partial charge < -0.3 is 9.84 Å². The van der Waals surface area contributed by atoms with Crippen LogP contribution < -0.4 is 0 Å². The van der Waals surface area contributed by atoms with Crippen LogP contribution in [0.4, 0.5) is 0 Å². The molecular weight excluding hydrogens is 258 g/mol. The maximum Gasteiger partial charge on any atom is 0.360 e. The van der Waals surface area contributed by atoms with Crippen molar-refractivity contribution in [3.8, 4) is 11.4 Å². The van der Waals surface area contributed by atoms with Gasteiger partial charge in [-0.3, -0.25) is 0 Å². The maximum atomic E-state index is 11.5. The quantitative estimate of drug-likeness (QED) is 0.719. The Bertz CT molecular complexity index is 781. The molecule has 0 saturated heterocycles. The van der Waals surface area contributed by atoms with E-state index in [-0.39, 0.29) is 11.4 Å². The number of fused-ring (bicyclic) bond motifs is 1. The normalized spacial score (nSPS) is 10.7. The maximum absolute atomic E-state index is 11.5. The van der Waals surface area contributed by atoms with E-state index in [4.69, 9.17) is 0 Å². The fraction of sp³-hybridized carbons (Fsp3) is 0.0714. The lowest BCUT2D eigenvalue weighted by Gasteiger charge is -2.05. The van der Waals surface area contributed by atoms with E-state index in [1.165, 1.54) is 19.5 Å². The van der Waals surface area contributed by atoms with Crippen molar-refractivity contribution in [2.24, 2.45) is 0 Å². The van der Waals surface area contributed by atoms with Crippen LogP contribution in [-0.4, -0.2) is 33.0 Å². The first-order valence-electron chi connectivity index (χ1n) is 5.92. The number of pyridine rings is 1. The average molecular weight is 269 g/mol. The standard InChI is InChI=1S/C14H11N3O3/c1-20-14(19)12-13(18)10-7-16-17(11(10)8-15-12)9-5-3-2-4-6-9/h2-8,18H,1H3. The summed E-state index contributed by atoms with van der Waals surface area (Å²) in [5, 5.41) is 14.8. The lowest BCUT2D eigenvalue weighted by molar-refractivity contribution is 0.0591. The minimum absolute atomic E-state index is 0.118.